The number of ether oxygens (including phenoxy) is 1. The zero-order chi connectivity index (χ0) is 14.8. The summed E-state index contributed by atoms with van der Waals surface area (Å²) in [5.74, 6) is -2.51. The zero-order valence-electron chi connectivity index (χ0n) is 11.5. The number of carboxylic acid groups (broad SMARTS) is 1. The number of rotatable bonds is 2. The van der Waals surface area contributed by atoms with Crippen LogP contribution in [0.3, 0.4) is 0 Å². The van der Waals surface area contributed by atoms with Crippen LogP contribution in [0.2, 0.25) is 0 Å². The Morgan fingerprint density at radius 3 is 2.90 bits per heavy atom. The van der Waals surface area contributed by atoms with Gasteiger partial charge in [-0.2, -0.15) is 0 Å². The second kappa shape index (κ2) is 3.95. The molecule has 4 rings (SSSR count). The van der Waals surface area contributed by atoms with Gasteiger partial charge in [0.1, 0.15) is 11.5 Å². The number of benzene rings is 1. The van der Waals surface area contributed by atoms with Gasteiger partial charge in [-0.1, -0.05) is 30.4 Å². The number of amides is 1. The molecule has 5 nitrogen and oxygen atoms in total. The minimum Gasteiger partial charge on any atom is -0.481 e. The highest BCUT2D eigenvalue weighted by molar-refractivity contribution is 6.02. The van der Waals surface area contributed by atoms with Crippen molar-refractivity contribution < 1.29 is 19.4 Å². The minimum absolute atomic E-state index is 0.149. The summed E-state index contributed by atoms with van der Waals surface area (Å²) in [5, 5.41) is 9.42. The van der Waals surface area contributed by atoms with Gasteiger partial charge in [0.25, 0.3) is 0 Å². The summed E-state index contributed by atoms with van der Waals surface area (Å²) in [6, 6.07) is 7.62. The molecule has 0 saturated carbocycles. The smallest absolute Gasteiger partial charge is 0.310 e. The quantitative estimate of drug-likeness (QED) is 0.833. The number of hydrogen-bond acceptors (Lipinski definition) is 3. The lowest BCUT2D eigenvalue weighted by Gasteiger charge is -2.22. The third kappa shape index (κ3) is 1.49. The van der Waals surface area contributed by atoms with Crippen molar-refractivity contribution in [2.45, 2.75) is 18.6 Å². The van der Waals surface area contributed by atoms with Gasteiger partial charge in [0, 0.05) is 5.69 Å². The highest BCUT2D eigenvalue weighted by atomic mass is 16.5. The predicted octanol–water partition coefficient (Wildman–Crippen LogP) is 1.37. The van der Waals surface area contributed by atoms with Gasteiger partial charge < -0.3 is 14.7 Å². The third-order valence-electron chi connectivity index (χ3n) is 4.79. The first kappa shape index (κ1) is 12.6. The molecule has 1 spiro atoms. The molecule has 21 heavy (non-hydrogen) atoms. The Balaban J connectivity index is 1.78. The van der Waals surface area contributed by atoms with E-state index >= 15 is 0 Å². The van der Waals surface area contributed by atoms with Gasteiger partial charge in [0.05, 0.1) is 18.6 Å². The van der Waals surface area contributed by atoms with Crippen LogP contribution < -0.4 is 4.90 Å². The van der Waals surface area contributed by atoms with E-state index in [1.54, 1.807) is 11.0 Å². The molecule has 0 aliphatic carbocycles. The van der Waals surface area contributed by atoms with Crippen LogP contribution in [0.5, 0.6) is 0 Å². The fourth-order valence-corrected chi connectivity index (χ4v) is 3.85. The topological polar surface area (TPSA) is 66.8 Å². The first-order valence-corrected chi connectivity index (χ1v) is 7.00. The van der Waals surface area contributed by atoms with Gasteiger partial charge in [-0.15, -0.1) is 0 Å². The number of anilines is 1. The molecule has 108 valence electrons. The highest BCUT2D eigenvalue weighted by Crippen LogP contribution is 2.52. The fraction of sp³-hybridized carbons (Fsp3) is 0.375. The van der Waals surface area contributed by atoms with Crippen LogP contribution in [0.1, 0.15) is 5.56 Å². The summed E-state index contributed by atoms with van der Waals surface area (Å²) in [5.41, 5.74) is 1.05. The molecule has 1 amide bonds. The summed E-state index contributed by atoms with van der Waals surface area (Å²) >= 11 is 0. The maximum absolute atomic E-state index is 12.8. The molecular formula is C16H15NO4. The zero-order valence-corrected chi connectivity index (χ0v) is 11.5. The van der Waals surface area contributed by atoms with E-state index in [0.29, 0.717) is 6.54 Å². The number of hydrogen-bond donors (Lipinski definition) is 1. The van der Waals surface area contributed by atoms with Gasteiger partial charge in [0.2, 0.25) is 5.91 Å². The molecule has 0 unspecified atom stereocenters. The van der Waals surface area contributed by atoms with Crippen molar-refractivity contribution in [3.63, 3.8) is 0 Å². The van der Waals surface area contributed by atoms with Crippen molar-refractivity contribution in [2.75, 3.05) is 11.4 Å². The average molecular weight is 285 g/mol. The molecule has 1 aromatic carbocycles. The molecule has 3 aliphatic rings. The van der Waals surface area contributed by atoms with Crippen molar-refractivity contribution in [3.8, 4) is 0 Å². The van der Waals surface area contributed by atoms with Gasteiger partial charge >= 0.3 is 5.97 Å². The van der Waals surface area contributed by atoms with Crippen LogP contribution in [0.25, 0.3) is 0 Å². The molecule has 3 aliphatic heterocycles. The van der Waals surface area contributed by atoms with E-state index in [1.165, 1.54) is 0 Å². The fourth-order valence-electron chi connectivity index (χ4n) is 3.85. The van der Waals surface area contributed by atoms with Crippen LogP contribution in [0, 0.1) is 18.8 Å². The van der Waals surface area contributed by atoms with Crippen molar-refractivity contribution in [1.82, 2.24) is 0 Å². The lowest BCUT2D eigenvalue weighted by molar-refractivity contribution is -0.146. The first-order valence-electron chi connectivity index (χ1n) is 7.00. The van der Waals surface area contributed by atoms with Gasteiger partial charge in [-0.3, -0.25) is 9.59 Å². The number of nitrogens with zero attached hydrogens (tertiary/aromatic N) is 1. The third-order valence-corrected chi connectivity index (χ3v) is 4.79. The molecule has 5 heteroatoms. The molecule has 1 N–H and O–H groups in total. The number of carbonyl (C=O) groups excluding carboxylic acids is 1. The van der Waals surface area contributed by atoms with Crippen LogP contribution >= 0.6 is 0 Å². The number of para-hydroxylation sites is 1. The Hall–Kier alpha value is -2.14. The van der Waals surface area contributed by atoms with Crippen molar-refractivity contribution in [3.05, 3.63) is 42.0 Å². The molecule has 3 heterocycles. The Labute approximate surface area is 121 Å². The van der Waals surface area contributed by atoms with Gasteiger partial charge in [-0.25, -0.2) is 0 Å². The van der Waals surface area contributed by atoms with Crippen LogP contribution in [-0.2, 0) is 14.3 Å². The summed E-state index contributed by atoms with van der Waals surface area (Å²) in [6.07, 6.45) is 3.18. The molecule has 1 aromatic rings. The van der Waals surface area contributed by atoms with Gasteiger partial charge in [-0.05, 0) is 18.6 Å². The van der Waals surface area contributed by atoms with Crippen LogP contribution in [0.4, 0.5) is 5.69 Å². The van der Waals surface area contributed by atoms with E-state index < -0.39 is 29.5 Å². The van der Waals surface area contributed by atoms with E-state index in [9.17, 15) is 14.7 Å². The number of fused-ring (bicyclic) bond motifs is 1. The lowest BCUT2D eigenvalue weighted by atomic mass is 9.77. The second-order valence-electron chi connectivity index (χ2n) is 5.95. The van der Waals surface area contributed by atoms with E-state index in [0.717, 1.165) is 11.3 Å². The number of aryl methyl sites for hydroxylation is 1. The normalized spacial score (nSPS) is 36.3. The molecular weight excluding hydrogens is 270 g/mol. The highest BCUT2D eigenvalue weighted by Gasteiger charge is 2.67. The lowest BCUT2D eigenvalue weighted by Crippen LogP contribution is -2.39. The van der Waals surface area contributed by atoms with Crippen molar-refractivity contribution in [1.29, 1.82) is 0 Å². The maximum Gasteiger partial charge on any atom is 0.310 e. The summed E-state index contributed by atoms with van der Waals surface area (Å²) in [6.45, 7) is 2.33. The molecule has 2 fully saturated rings. The Morgan fingerprint density at radius 2 is 2.19 bits per heavy atom. The van der Waals surface area contributed by atoms with Gasteiger partial charge in [0.15, 0.2) is 0 Å². The number of carboxylic acids is 1. The molecule has 2 saturated heterocycles. The molecule has 4 atom stereocenters. The number of aliphatic carboxylic acids is 1. The van der Waals surface area contributed by atoms with E-state index in [-0.39, 0.29) is 5.91 Å². The monoisotopic (exact) mass is 285 g/mol. The van der Waals surface area contributed by atoms with E-state index in [2.05, 4.69) is 0 Å². The molecule has 0 aromatic heterocycles. The molecule has 2 bridgehead atoms. The standard InChI is InChI=1S/C16H15NO4/c1-9-4-2-3-5-10(9)17-8-16-7-6-11(21-16)12(15(19)20)13(16)14(17)18/h2-7,11-13H,8H2,1H3,(H,19,20)/t11-,12+,13+,16-/m0/s1. The SMILES string of the molecule is Cc1ccccc1N1C[C@]23C=C[C@H](O2)[C@@H](C(=O)O)[C@@H]3C1=O. The van der Waals surface area contributed by atoms with E-state index in [4.69, 9.17) is 4.74 Å². The summed E-state index contributed by atoms with van der Waals surface area (Å²) in [4.78, 5) is 26.0. The second-order valence-corrected chi connectivity index (χ2v) is 5.95. The molecule has 0 radical (unpaired) electrons. The van der Waals surface area contributed by atoms with Crippen LogP contribution in [0.15, 0.2) is 36.4 Å². The summed E-state index contributed by atoms with van der Waals surface area (Å²) in [7, 11) is 0. The van der Waals surface area contributed by atoms with E-state index in [1.807, 2.05) is 37.3 Å². The summed E-state index contributed by atoms with van der Waals surface area (Å²) < 4.78 is 5.87. The van der Waals surface area contributed by atoms with Crippen molar-refractivity contribution >= 4 is 17.6 Å². The average Bonchev–Trinajstić information content (AvgIpc) is 3.08. The minimum atomic E-state index is -0.962. The van der Waals surface area contributed by atoms with Crippen molar-refractivity contribution in [2.24, 2.45) is 11.8 Å². The Morgan fingerprint density at radius 1 is 1.43 bits per heavy atom. The predicted molar refractivity (Wildman–Crippen MR) is 74.9 cm³/mol. The maximum atomic E-state index is 12.8. The van der Waals surface area contributed by atoms with Crippen LogP contribution in [-0.4, -0.2) is 35.2 Å². The Bertz CT molecular complexity index is 683. The largest absolute Gasteiger partial charge is 0.481 e. The first-order chi connectivity index (χ1) is 10.0. The number of carbonyl (C=O) groups is 2. The Kier molecular flexibility index (Phi) is 2.37.